The van der Waals surface area contributed by atoms with Crippen molar-refractivity contribution in [3.8, 4) is 0 Å². The van der Waals surface area contributed by atoms with E-state index in [4.69, 9.17) is 15.6 Å². The van der Waals surface area contributed by atoms with Gasteiger partial charge in [0.1, 0.15) is 9.75 Å². The third kappa shape index (κ3) is 9.60. The highest BCUT2D eigenvalue weighted by Crippen LogP contribution is 2.28. The number of benzene rings is 2. The van der Waals surface area contributed by atoms with Crippen LogP contribution in [0.5, 0.6) is 0 Å². The molecule has 0 saturated carbocycles. The molecule has 0 aliphatic heterocycles. The van der Waals surface area contributed by atoms with Crippen LogP contribution in [0.4, 0.5) is 5.69 Å². The van der Waals surface area contributed by atoms with Crippen molar-refractivity contribution in [2.24, 2.45) is 0 Å². The minimum absolute atomic E-state index is 0.266. The Bertz CT molecular complexity index is 1170. The van der Waals surface area contributed by atoms with E-state index in [0.29, 0.717) is 22.0 Å². The number of carboxylic acid groups (broad SMARTS) is 1. The molecule has 2 heterocycles. The molecule has 0 radical (unpaired) electrons. The summed E-state index contributed by atoms with van der Waals surface area (Å²) in [5, 5.41) is 10.8. The number of nitrogen functional groups attached to an aromatic ring is 1. The Hall–Kier alpha value is -2.17. The fourth-order valence-corrected chi connectivity index (χ4v) is 4.82. The third-order valence-corrected chi connectivity index (χ3v) is 6.58. The van der Waals surface area contributed by atoms with Crippen molar-refractivity contribution in [1.29, 1.82) is 0 Å². The number of nitrogens with two attached hydrogens (primary N) is 1. The van der Waals surface area contributed by atoms with E-state index >= 15 is 0 Å². The zero-order valence-electron chi connectivity index (χ0n) is 20.8. The van der Waals surface area contributed by atoms with Gasteiger partial charge in [0.25, 0.3) is 0 Å². The van der Waals surface area contributed by atoms with Gasteiger partial charge in [-0.3, -0.25) is 0 Å². The van der Waals surface area contributed by atoms with Crippen LogP contribution in [-0.4, -0.2) is 23.7 Å². The molecule has 4 aromatic rings. The van der Waals surface area contributed by atoms with Crippen molar-refractivity contribution in [2.45, 2.75) is 48.5 Å². The van der Waals surface area contributed by atoms with E-state index in [1.807, 2.05) is 84.0 Å². The molecule has 34 heavy (non-hydrogen) atoms. The topological polar surface area (TPSA) is 89.6 Å². The van der Waals surface area contributed by atoms with Gasteiger partial charge in [0.05, 0.1) is 6.61 Å². The van der Waals surface area contributed by atoms with Crippen molar-refractivity contribution in [1.82, 2.24) is 0 Å². The third-order valence-electron chi connectivity index (χ3n) is 3.71. The lowest BCUT2D eigenvalue weighted by Gasteiger charge is -1.95. The number of fused-ring (bicyclic) bond motifs is 2. The van der Waals surface area contributed by atoms with Gasteiger partial charge in [0.15, 0.2) is 0 Å². The van der Waals surface area contributed by atoms with Crippen LogP contribution >= 0.6 is 45.3 Å². The summed E-state index contributed by atoms with van der Waals surface area (Å²) < 4.78 is 8.13. The minimum Gasteiger partial charge on any atom is -0.477 e. The molecular weight excluding hydrogens is 581 g/mol. The van der Waals surface area contributed by atoms with Gasteiger partial charge in [-0.1, -0.05) is 41.5 Å². The summed E-state index contributed by atoms with van der Waals surface area (Å²) in [4.78, 5) is 23.1. The van der Waals surface area contributed by atoms with Gasteiger partial charge in [-0.2, -0.15) is 0 Å². The smallest absolute Gasteiger partial charge is 0.348 e. The predicted molar refractivity (Wildman–Crippen MR) is 158 cm³/mol. The SMILES string of the molecule is CC.CC.CC.CCOC(=O)c1cc2cc(N)ccc2s1.O=C(O)c1cc2cc(I)ccc2s1. The first-order valence-electron chi connectivity index (χ1n) is 11.3. The lowest BCUT2D eigenvalue weighted by atomic mass is 10.2. The van der Waals surface area contributed by atoms with Crippen LogP contribution < -0.4 is 5.73 Å². The Morgan fingerprint density at radius 2 is 1.35 bits per heavy atom. The summed E-state index contributed by atoms with van der Waals surface area (Å²) in [6.45, 7) is 14.2. The Morgan fingerprint density at radius 3 is 1.91 bits per heavy atom. The fraction of sp³-hybridized carbons (Fsp3) is 0.308. The molecule has 0 bridgehead atoms. The number of carbonyl (C=O) groups is 2. The predicted octanol–water partition coefficient (Wildman–Crippen LogP) is 8.94. The molecule has 0 aliphatic rings. The monoisotopic (exact) mass is 615 g/mol. The summed E-state index contributed by atoms with van der Waals surface area (Å²) in [7, 11) is 0. The van der Waals surface area contributed by atoms with E-state index in [9.17, 15) is 9.59 Å². The largest absolute Gasteiger partial charge is 0.477 e. The number of ether oxygens (including phenoxy) is 1. The number of hydrogen-bond acceptors (Lipinski definition) is 6. The standard InChI is InChI=1S/C11H11NO2S.C9H5IO2S.3C2H6/c1-2-14-11(13)10-6-7-5-8(12)3-4-9(7)15-10;10-6-1-2-7-5(3-6)4-8(13-7)9(11)12;3*1-2/h3-6H,2,12H2,1H3;1-4H,(H,11,12);3*1-2H3. The second-order valence-corrected chi connectivity index (χ2v) is 9.14. The van der Waals surface area contributed by atoms with Crippen LogP contribution in [0.3, 0.4) is 0 Å². The first-order valence-corrected chi connectivity index (χ1v) is 14.0. The molecule has 2 aromatic heterocycles. The molecular formula is C26H34INO4S2. The van der Waals surface area contributed by atoms with Crippen LogP contribution in [0.1, 0.15) is 67.8 Å². The normalized spacial score (nSPS) is 9.18. The lowest BCUT2D eigenvalue weighted by Crippen LogP contribution is -2.01. The zero-order chi connectivity index (χ0) is 26.3. The number of carboxylic acids is 1. The van der Waals surface area contributed by atoms with Gasteiger partial charge in [-0.15, -0.1) is 22.7 Å². The summed E-state index contributed by atoms with van der Waals surface area (Å²) in [5.41, 5.74) is 6.36. The first-order chi connectivity index (χ1) is 16.4. The van der Waals surface area contributed by atoms with Crippen LogP contribution in [0.15, 0.2) is 48.5 Å². The molecule has 0 atom stereocenters. The van der Waals surface area contributed by atoms with Crippen LogP contribution in [-0.2, 0) is 4.74 Å². The van der Waals surface area contributed by atoms with E-state index in [2.05, 4.69) is 22.6 Å². The molecule has 0 saturated heterocycles. The van der Waals surface area contributed by atoms with Crippen LogP contribution in [0, 0.1) is 3.57 Å². The Morgan fingerprint density at radius 1 is 0.853 bits per heavy atom. The Kier molecular flexibility index (Phi) is 16.2. The highest BCUT2D eigenvalue weighted by atomic mass is 127. The summed E-state index contributed by atoms with van der Waals surface area (Å²) in [6.07, 6.45) is 0. The Labute approximate surface area is 224 Å². The van der Waals surface area contributed by atoms with Crippen molar-refractivity contribution >= 4 is 83.1 Å². The first kappa shape index (κ1) is 31.8. The van der Waals surface area contributed by atoms with Crippen LogP contribution in [0.2, 0.25) is 0 Å². The second kappa shape index (κ2) is 17.3. The molecule has 2 aromatic carbocycles. The molecule has 0 aliphatic carbocycles. The molecule has 0 amide bonds. The van der Waals surface area contributed by atoms with Crippen molar-refractivity contribution in [3.05, 3.63) is 61.9 Å². The molecule has 0 fully saturated rings. The van der Waals surface area contributed by atoms with E-state index in [-0.39, 0.29) is 5.97 Å². The molecule has 3 N–H and O–H groups in total. The molecule has 5 nitrogen and oxygen atoms in total. The number of halogens is 1. The second-order valence-electron chi connectivity index (χ2n) is 5.73. The van der Waals surface area contributed by atoms with Gasteiger partial charge >= 0.3 is 11.9 Å². The maximum Gasteiger partial charge on any atom is 0.348 e. The number of hydrogen-bond donors (Lipinski definition) is 2. The minimum atomic E-state index is -0.851. The number of carbonyl (C=O) groups excluding carboxylic acids is 1. The van der Waals surface area contributed by atoms with E-state index in [1.165, 1.54) is 22.7 Å². The number of anilines is 1. The number of aromatic carboxylic acids is 1. The highest BCUT2D eigenvalue weighted by Gasteiger charge is 2.10. The molecule has 186 valence electrons. The highest BCUT2D eigenvalue weighted by molar-refractivity contribution is 14.1. The summed E-state index contributed by atoms with van der Waals surface area (Å²) >= 11 is 4.95. The average molecular weight is 616 g/mol. The molecule has 8 heteroatoms. The maximum atomic E-state index is 11.5. The van der Waals surface area contributed by atoms with Gasteiger partial charge in [0.2, 0.25) is 0 Å². The van der Waals surface area contributed by atoms with Crippen molar-refractivity contribution in [2.75, 3.05) is 12.3 Å². The molecule has 0 unspecified atom stereocenters. The van der Waals surface area contributed by atoms with Crippen molar-refractivity contribution < 1.29 is 19.4 Å². The number of rotatable bonds is 3. The van der Waals surface area contributed by atoms with Gasteiger partial charge in [-0.25, -0.2) is 9.59 Å². The summed E-state index contributed by atoms with van der Waals surface area (Å²) in [5.74, 6) is -1.12. The maximum absolute atomic E-state index is 11.5. The van der Waals surface area contributed by atoms with Crippen molar-refractivity contribution in [3.63, 3.8) is 0 Å². The van der Waals surface area contributed by atoms with Gasteiger partial charge < -0.3 is 15.6 Å². The number of thiophene rings is 2. The fourth-order valence-electron chi connectivity index (χ4n) is 2.48. The van der Waals surface area contributed by atoms with E-state index in [1.54, 1.807) is 13.0 Å². The van der Waals surface area contributed by atoms with Crippen LogP contribution in [0.25, 0.3) is 20.2 Å². The quantitative estimate of drug-likeness (QED) is 0.136. The molecule has 4 rings (SSSR count). The zero-order valence-corrected chi connectivity index (χ0v) is 24.6. The summed E-state index contributed by atoms with van der Waals surface area (Å²) in [6, 6.07) is 15.0. The molecule has 0 spiro atoms. The Balaban J connectivity index is 0.000000529. The average Bonchev–Trinajstić information content (AvgIpc) is 3.47. The van der Waals surface area contributed by atoms with Gasteiger partial charge in [0, 0.05) is 18.7 Å². The van der Waals surface area contributed by atoms with E-state index in [0.717, 1.165) is 23.7 Å². The van der Waals surface area contributed by atoms with Gasteiger partial charge in [-0.05, 0) is 88.8 Å². The number of esters is 1. The van der Waals surface area contributed by atoms with E-state index < -0.39 is 5.97 Å². The lowest BCUT2D eigenvalue weighted by molar-refractivity contribution is 0.0531.